The molecule has 1 atom stereocenters. The average Bonchev–Trinajstić information content (AvgIpc) is 2.69. The van der Waals surface area contributed by atoms with E-state index in [2.05, 4.69) is 24.2 Å². The van der Waals surface area contributed by atoms with Crippen LogP contribution in [0, 0.1) is 6.92 Å². The molecule has 2 rings (SSSR count). The molecule has 1 unspecified atom stereocenters. The first kappa shape index (κ1) is 12.1. The maximum atomic E-state index is 6.26. The quantitative estimate of drug-likeness (QED) is 0.909. The van der Waals surface area contributed by atoms with Crippen LogP contribution in [0.15, 0.2) is 30.5 Å². The number of hydrogen-bond acceptors (Lipinski definition) is 2. The van der Waals surface area contributed by atoms with Crippen LogP contribution in [0.3, 0.4) is 0 Å². The van der Waals surface area contributed by atoms with Gasteiger partial charge in [-0.05, 0) is 19.4 Å². The third-order valence-electron chi connectivity index (χ3n) is 2.83. The van der Waals surface area contributed by atoms with Crippen LogP contribution >= 0.6 is 11.6 Å². The molecule has 2 N–H and O–H groups in total. The Balaban J connectivity index is 2.43. The lowest BCUT2D eigenvalue weighted by molar-refractivity contribution is 0.601. The Morgan fingerprint density at radius 3 is 2.88 bits per heavy atom. The van der Waals surface area contributed by atoms with Crippen LogP contribution < -0.4 is 5.73 Å². The Kier molecular flexibility index (Phi) is 3.50. The first-order valence-electron chi connectivity index (χ1n) is 5.66. The lowest BCUT2D eigenvalue weighted by atomic mass is 10.0. The van der Waals surface area contributed by atoms with Crippen molar-refractivity contribution in [3.05, 3.63) is 52.3 Å². The lowest BCUT2D eigenvalue weighted by Gasteiger charge is -2.15. The highest BCUT2D eigenvalue weighted by Gasteiger charge is 2.17. The predicted molar refractivity (Wildman–Crippen MR) is 70.1 cm³/mol. The monoisotopic (exact) mass is 249 g/mol. The summed E-state index contributed by atoms with van der Waals surface area (Å²) in [5.74, 6) is 0. The largest absolute Gasteiger partial charge is 0.319 e. The molecule has 0 amide bonds. The van der Waals surface area contributed by atoms with Gasteiger partial charge in [-0.15, -0.1) is 0 Å². The molecule has 1 aromatic carbocycles. The fraction of sp³-hybridized carbons (Fsp3) is 0.308. The van der Waals surface area contributed by atoms with Crippen LogP contribution in [-0.2, 0) is 6.54 Å². The maximum absolute atomic E-state index is 6.26. The van der Waals surface area contributed by atoms with E-state index in [1.54, 1.807) is 6.20 Å². The third-order valence-corrected chi connectivity index (χ3v) is 3.12. The predicted octanol–water partition coefficient (Wildman–Crippen LogP) is 2.91. The van der Waals surface area contributed by atoms with Gasteiger partial charge in [-0.25, -0.2) is 0 Å². The second kappa shape index (κ2) is 4.90. The normalized spacial score (nSPS) is 12.7. The highest BCUT2D eigenvalue weighted by Crippen LogP contribution is 2.26. The van der Waals surface area contributed by atoms with Gasteiger partial charge in [-0.2, -0.15) is 5.10 Å². The summed E-state index contributed by atoms with van der Waals surface area (Å²) in [6.45, 7) is 4.84. The van der Waals surface area contributed by atoms with Crippen LogP contribution in [0.25, 0.3) is 0 Å². The number of aromatic nitrogens is 2. The number of nitrogens with zero attached hydrogens (tertiary/aromatic N) is 2. The van der Waals surface area contributed by atoms with Gasteiger partial charge in [-0.3, -0.25) is 4.68 Å². The van der Waals surface area contributed by atoms with E-state index in [4.69, 9.17) is 17.3 Å². The molecule has 1 heterocycles. The molecule has 0 saturated carbocycles. The summed E-state index contributed by atoms with van der Waals surface area (Å²) >= 11 is 6.14. The Bertz CT molecular complexity index is 519. The highest BCUT2D eigenvalue weighted by atomic mass is 35.5. The molecule has 3 nitrogen and oxygen atoms in total. The lowest BCUT2D eigenvalue weighted by Crippen LogP contribution is -2.17. The molecule has 0 radical (unpaired) electrons. The Morgan fingerprint density at radius 1 is 1.47 bits per heavy atom. The molecule has 90 valence electrons. The van der Waals surface area contributed by atoms with Crippen LogP contribution in [0.1, 0.15) is 29.8 Å². The van der Waals surface area contributed by atoms with Crippen molar-refractivity contribution >= 4 is 11.6 Å². The van der Waals surface area contributed by atoms with Crippen LogP contribution in [-0.4, -0.2) is 9.78 Å². The van der Waals surface area contributed by atoms with Crippen LogP contribution in [0.2, 0.25) is 5.02 Å². The minimum atomic E-state index is -0.232. The number of hydrogen-bond donors (Lipinski definition) is 1. The van der Waals surface area contributed by atoms with E-state index in [9.17, 15) is 0 Å². The van der Waals surface area contributed by atoms with Crippen molar-refractivity contribution in [2.75, 3.05) is 0 Å². The Hall–Kier alpha value is -1.32. The van der Waals surface area contributed by atoms with Gasteiger partial charge in [0, 0.05) is 6.54 Å². The first-order valence-corrected chi connectivity index (χ1v) is 6.04. The fourth-order valence-corrected chi connectivity index (χ4v) is 2.21. The number of nitrogens with two attached hydrogens (primary N) is 1. The highest BCUT2D eigenvalue weighted by molar-refractivity contribution is 6.31. The van der Waals surface area contributed by atoms with Gasteiger partial charge in [0.05, 0.1) is 23.0 Å². The van der Waals surface area contributed by atoms with E-state index in [0.29, 0.717) is 5.02 Å². The molecule has 0 spiro atoms. The van der Waals surface area contributed by atoms with Gasteiger partial charge >= 0.3 is 0 Å². The number of halogens is 1. The van der Waals surface area contributed by atoms with Crippen molar-refractivity contribution < 1.29 is 0 Å². The molecule has 0 aliphatic rings. The molecule has 0 fully saturated rings. The van der Waals surface area contributed by atoms with Crippen LogP contribution in [0.5, 0.6) is 0 Å². The second-order valence-corrected chi connectivity index (χ2v) is 4.49. The standard InChI is InChI=1S/C13H16ClN3/c1-3-17-13(11(14)8-16-17)12(15)10-6-4-5-9(2)7-10/h4-8,12H,3,15H2,1-2H3. The van der Waals surface area contributed by atoms with E-state index in [1.807, 2.05) is 23.7 Å². The number of benzene rings is 1. The summed E-state index contributed by atoms with van der Waals surface area (Å²) < 4.78 is 1.84. The van der Waals surface area contributed by atoms with Gasteiger partial charge in [0.1, 0.15) is 0 Å². The number of rotatable bonds is 3. The van der Waals surface area contributed by atoms with Gasteiger partial charge in [0.2, 0.25) is 0 Å². The fourth-order valence-electron chi connectivity index (χ4n) is 1.95. The summed E-state index contributed by atoms with van der Waals surface area (Å²) in [6.07, 6.45) is 1.65. The smallest absolute Gasteiger partial charge is 0.0837 e. The summed E-state index contributed by atoms with van der Waals surface area (Å²) in [6, 6.07) is 7.92. The Morgan fingerprint density at radius 2 is 2.24 bits per heavy atom. The van der Waals surface area contributed by atoms with E-state index < -0.39 is 0 Å². The van der Waals surface area contributed by atoms with Crippen molar-refractivity contribution in [3.63, 3.8) is 0 Å². The first-order chi connectivity index (χ1) is 8.13. The zero-order valence-corrected chi connectivity index (χ0v) is 10.8. The summed E-state index contributed by atoms with van der Waals surface area (Å²) in [5.41, 5.74) is 9.39. The SMILES string of the molecule is CCn1ncc(Cl)c1C(N)c1cccc(C)c1. The molecule has 0 bridgehead atoms. The molecule has 0 saturated heterocycles. The molecule has 2 aromatic rings. The van der Waals surface area contributed by atoms with Crippen molar-refractivity contribution in [1.29, 1.82) is 0 Å². The molecule has 1 aromatic heterocycles. The van der Waals surface area contributed by atoms with Crippen LogP contribution in [0.4, 0.5) is 0 Å². The topological polar surface area (TPSA) is 43.8 Å². The zero-order valence-electron chi connectivity index (χ0n) is 10.0. The minimum absolute atomic E-state index is 0.232. The summed E-state index contributed by atoms with van der Waals surface area (Å²) in [4.78, 5) is 0. The average molecular weight is 250 g/mol. The molecular weight excluding hydrogens is 234 g/mol. The van der Waals surface area contributed by atoms with Crippen molar-refractivity contribution in [2.45, 2.75) is 26.4 Å². The molecule has 0 aliphatic heterocycles. The van der Waals surface area contributed by atoms with Gasteiger partial charge in [0.15, 0.2) is 0 Å². The minimum Gasteiger partial charge on any atom is -0.319 e. The van der Waals surface area contributed by atoms with E-state index in [1.165, 1.54) is 5.56 Å². The Labute approximate surface area is 106 Å². The van der Waals surface area contributed by atoms with Crippen molar-refractivity contribution in [1.82, 2.24) is 9.78 Å². The molecule has 4 heteroatoms. The van der Waals surface area contributed by atoms with Crippen molar-refractivity contribution in [3.8, 4) is 0 Å². The van der Waals surface area contributed by atoms with E-state index in [0.717, 1.165) is 17.8 Å². The van der Waals surface area contributed by atoms with Gasteiger partial charge in [-0.1, -0.05) is 41.4 Å². The zero-order chi connectivity index (χ0) is 12.4. The summed E-state index contributed by atoms with van der Waals surface area (Å²) in [7, 11) is 0. The summed E-state index contributed by atoms with van der Waals surface area (Å²) in [5, 5.41) is 4.83. The molecular formula is C13H16ClN3. The maximum Gasteiger partial charge on any atom is 0.0837 e. The van der Waals surface area contributed by atoms with E-state index in [-0.39, 0.29) is 6.04 Å². The number of aryl methyl sites for hydroxylation is 2. The third kappa shape index (κ3) is 2.35. The van der Waals surface area contributed by atoms with E-state index >= 15 is 0 Å². The molecule has 0 aliphatic carbocycles. The molecule has 17 heavy (non-hydrogen) atoms. The second-order valence-electron chi connectivity index (χ2n) is 4.09. The van der Waals surface area contributed by atoms with Gasteiger partial charge in [0.25, 0.3) is 0 Å². The van der Waals surface area contributed by atoms with Gasteiger partial charge < -0.3 is 5.73 Å². The van der Waals surface area contributed by atoms with Crippen molar-refractivity contribution in [2.24, 2.45) is 5.73 Å².